The maximum Gasteiger partial charge on any atom is 0.346 e. The molecule has 0 bridgehead atoms. The molecular weight excluding hydrogens is 324 g/mol. The molecule has 0 spiro atoms. The van der Waals surface area contributed by atoms with E-state index in [1.165, 1.54) is 0 Å². The van der Waals surface area contributed by atoms with Crippen molar-refractivity contribution in [1.29, 1.82) is 0 Å². The van der Waals surface area contributed by atoms with Crippen molar-refractivity contribution in [3.8, 4) is 0 Å². The average molecular weight is 340 g/mol. The molecule has 4 N–H and O–H groups in total. The summed E-state index contributed by atoms with van der Waals surface area (Å²) in [7, 11) is 3.45. The largest absolute Gasteiger partial charge is 0.369 e. The second kappa shape index (κ2) is 9.15. The Balaban J connectivity index is 1.51. The first-order valence-electron chi connectivity index (χ1n) is 6.58. The molecule has 0 saturated carbocycles. The number of aromatic nitrogens is 4. The van der Waals surface area contributed by atoms with E-state index in [9.17, 15) is 9.59 Å². The summed E-state index contributed by atoms with van der Waals surface area (Å²) in [5, 5.41) is 6.16. The molecule has 0 saturated heterocycles. The number of nitrogens with one attached hydrogen (secondary N) is 4. The maximum absolute atomic E-state index is 11.0. The number of aromatic amines is 2. The third-order valence-electron chi connectivity index (χ3n) is 2.41. The van der Waals surface area contributed by atoms with Crippen LogP contribution in [0.1, 0.15) is 0 Å². The van der Waals surface area contributed by atoms with Crippen molar-refractivity contribution in [3.05, 3.63) is 45.5 Å². The second-order valence-electron chi connectivity index (χ2n) is 4.06. The molecule has 2 heterocycles. The monoisotopic (exact) mass is 340 g/mol. The van der Waals surface area contributed by atoms with E-state index in [2.05, 4.69) is 30.6 Å². The van der Waals surface area contributed by atoms with Gasteiger partial charge in [0.05, 0.1) is 0 Å². The topological polar surface area (TPSA) is 116 Å². The van der Waals surface area contributed by atoms with Crippen molar-refractivity contribution in [2.75, 3.05) is 35.2 Å². The van der Waals surface area contributed by atoms with Crippen LogP contribution in [0.2, 0.25) is 0 Å². The Hall–Kier alpha value is -1.94. The van der Waals surface area contributed by atoms with Crippen LogP contribution in [0, 0.1) is 0 Å². The van der Waals surface area contributed by atoms with E-state index in [1.54, 1.807) is 46.1 Å². The Morgan fingerprint density at radius 1 is 0.864 bits per heavy atom. The molecular formula is C12H16N6O2S2. The standard InChI is InChI=1S/C12H16N6O2S2/c19-11-15-3-1-9(17-11)13-5-7-21-22-8-6-14-10-2-4-16-12(20)18-10/h1-4H,5-8H2,(H2,13,15,17,19)(H2,14,16,18,20). The quantitative estimate of drug-likeness (QED) is 0.391. The lowest BCUT2D eigenvalue weighted by molar-refractivity contribution is 1.05. The molecule has 22 heavy (non-hydrogen) atoms. The summed E-state index contributed by atoms with van der Waals surface area (Å²) in [5.74, 6) is 2.94. The Morgan fingerprint density at radius 3 is 1.73 bits per heavy atom. The molecule has 0 aliphatic rings. The molecule has 0 unspecified atom stereocenters. The van der Waals surface area contributed by atoms with Crippen LogP contribution < -0.4 is 22.0 Å². The zero-order chi connectivity index (χ0) is 15.6. The van der Waals surface area contributed by atoms with Gasteiger partial charge in [-0.3, -0.25) is 0 Å². The van der Waals surface area contributed by atoms with Crippen molar-refractivity contribution >= 4 is 33.2 Å². The van der Waals surface area contributed by atoms with Crippen LogP contribution in [-0.4, -0.2) is 44.5 Å². The fourth-order valence-corrected chi connectivity index (χ4v) is 3.31. The second-order valence-corrected chi connectivity index (χ2v) is 6.76. The van der Waals surface area contributed by atoms with Gasteiger partial charge in [0.15, 0.2) is 0 Å². The zero-order valence-electron chi connectivity index (χ0n) is 11.7. The van der Waals surface area contributed by atoms with Crippen LogP contribution in [0.25, 0.3) is 0 Å². The first kappa shape index (κ1) is 16.4. The highest BCUT2D eigenvalue weighted by atomic mass is 33.1. The molecule has 0 aliphatic carbocycles. The summed E-state index contributed by atoms with van der Waals surface area (Å²) in [4.78, 5) is 34.5. The number of hydrogen-bond donors (Lipinski definition) is 4. The molecule has 0 aliphatic heterocycles. The molecule has 2 rings (SSSR count). The van der Waals surface area contributed by atoms with Crippen LogP contribution in [-0.2, 0) is 0 Å². The van der Waals surface area contributed by atoms with E-state index in [0.717, 1.165) is 24.6 Å². The number of hydrogen-bond acceptors (Lipinski definition) is 8. The van der Waals surface area contributed by atoms with Crippen molar-refractivity contribution in [3.63, 3.8) is 0 Å². The lowest BCUT2D eigenvalue weighted by Crippen LogP contribution is -2.14. The van der Waals surface area contributed by atoms with Crippen LogP contribution in [0.5, 0.6) is 0 Å². The third-order valence-corrected chi connectivity index (χ3v) is 4.81. The van der Waals surface area contributed by atoms with Gasteiger partial charge in [-0.05, 0) is 12.1 Å². The molecule has 2 aromatic heterocycles. The summed E-state index contributed by atoms with van der Waals surface area (Å²) < 4.78 is 0. The van der Waals surface area contributed by atoms with Gasteiger partial charge in [0.2, 0.25) is 0 Å². The Kier molecular flexibility index (Phi) is 6.84. The van der Waals surface area contributed by atoms with Gasteiger partial charge >= 0.3 is 11.4 Å². The van der Waals surface area contributed by atoms with Crippen LogP contribution in [0.15, 0.2) is 34.1 Å². The van der Waals surface area contributed by atoms with E-state index in [0.29, 0.717) is 11.6 Å². The van der Waals surface area contributed by atoms with Gasteiger partial charge in [-0.1, -0.05) is 21.6 Å². The van der Waals surface area contributed by atoms with E-state index in [4.69, 9.17) is 0 Å². The van der Waals surface area contributed by atoms with Crippen LogP contribution >= 0.6 is 21.6 Å². The molecule has 0 aromatic carbocycles. The summed E-state index contributed by atoms with van der Waals surface area (Å²) in [6.07, 6.45) is 3.13. The van der Waals surface area contributed by atoms with Gasteiger partial charge in [-0.15, -0.1) is 0 Å². The maximum atomic E-state index is 11.0. The third kappa shape index (κ3) is 6.22. The van der Waals surface area contributed by atoms with Gasteiger partial charge < -0.3 is 20.6 Å². The molecule has 118 valence electrons. The van der Waals surface area contributed by atoms with E-state index in [-0.39, 0.29) is 11.4 Å². The average Bonchev–Trinajstić information content (AvgIpc) is 2.50. The minimum Gasteiger partial charge on any atom is -0.369 e. The highest BCUT2D eigenvalue weighted by Crippen LogP contribution is 2.20. The van der Waals surface area contributed by atoms with Gasteiger partial charge in [0.25, 0.3) is 0 Å². The number of rotatable bonds is 9. The minimum atomic E-state index is -0.355. The van der Waals surface area contributed by atoms with Crippen molar-refractivity contribution < 1.29 is 0 Å². The van der Waals surface area contributed by atoms with Gasteiger partial charge in [0.1, 0.15) is 11.6 Å². The van der Waals surface area contributed by atoms with E-state index >= 15 is 0 Å². The van der Waals surface area contributed by atoms with Gasteiger partial charge in [-0.25, -0.2) is 9.59 Å². The van der Waals surface area contributed by atoms with Gasteiger partial charge in [-0.2, -0.15) is 9.97 Å². The molecule has 0 atom stereocenters. The molecule has 10 heteroatoms. The predicted octanol–water partition coefficient (Wildman–Crippen LogP) is 0.759. The highest BCUT2D eigenvalue weighted by molar-refractivity contribution is 8.76. The Labute approximate surface area is 134 Å². The number of nitrogens with zero attached hydrogens (tertiary/aromatic N) is 2. The molecule has 0 radical (unpaired) electrons. The van der Waals surface area contributed by atoms with Crippen LogP contribution in [0.4, 0.5) is 11.6 Å². The smallest absolute Gasteiger partial charge is 0.346 e. The zero-order valence-corrected chi connectivity index (χ0v) is 13.3. The van der Waals surface area contributed by atoms with Crippen molar-refractivity contribution in [2.45, 2.75) is 0 Å². The summed E-state index contributed by atoms with van der Waals surface area (Å²) >= 11 is 0. The van der Waals surface area contributed by atoms with Crippen molar-refractivity contribution in [2.24, 2.45) is 0 Å². The predicted molar refractivity (Wildman–Crippen MR) is 91.6 cm³/mol. The van der Waals surface area contributed by atoms with E-state index in [1.807, 2.05) is 0 Å². The fourth-order valence-electron chi connectivity index (χ4n) is 1.50. The summed E-state index contributed by atoms with van der Waals surface area (Å²) in [6, 6.07) is 3.44. The van der Waals surface area contributed by atoms with Gasteiger partial charge in [0, 0.05) is 37.0 Å². The lowest BCUT2D eigenvalue weighted by atomic mass is 10.5. The molecule has 2 aromatic rings. The first-order chi connectivity index (χ1) is 10.7. The Morgan fingerprint density at radius 2 is 1.32 bits per heavy atom. The van der Waals surface area contributed by atoms with Crippen LogP contribution in [0.3, 0.4) is 0 Å². The molecule has 0 amide bonds. The fraction of sp³-hybridized carbons (Fsp3) is 0.333. The molecule has 0 fully saturated rings. The van der Waals surface area contributed by atoms with Crippen molar-refractivity contribution in [1.82, 2.24) is 19.9 Å². The first-order valence-corrected chi connectivity index (χ1v) is 9.06. The summed E-state index contributed by atoms with van der Waals surface area (Å²) in [6.45, 7) is 1.47. The highest BCUT2D eigenvalue weighted by Gasteiger charge is 1.96. The summed E-state index contributed by atoms with van der Waals surface area (Å²) in [5.41, 5.74) is -0.710. The molecule has 8 nitrogen and oxygen atoms in total. The number of anilines is 2. The lowest BCUT2D eigenvalue weighted by Gasteiger charge is -2.05. The Bertz CT molecular complexity index is 630. The normalized spacial score (nSPS) is 10.4. The van der Waals surface area contributed by atoms with E-state index < -0.39 is 0 Å². The SMILES string of the molecule is O=c1nc(NCCSSCCNc2cc[nH]c(=O)n2)cc[nH]1. The number of H-pyrrole nitrogens is 2. The minimum absolute atomic E-state index is 0.355.